The van der Waals surface area contributed by atoms with Gasteiger partial charge >= 0.3 is 23.9 Å². The van der Waals surface area contributed by atoms with Crippen molar-refractivity contribution in [2.24, 2.45) is 5.92 Å². The number of carbonyl (C=O) groups is 6. The molecule has 240 valence electrons. The highest BCUT2D eigenvalue weighted by molar-refractivity contribution is 8.04. The first-order valence-corrected chi connectivity index (χ1v) is 16.6. The second kappa shape index (κ2) is 22.3. The van der Waals surface area contributed by atoms with Crippen molar-refractivity contribution < 1.29 is 53.2 Å². The van der Waals surface area contributed by atoms with Crippen molar-refractivity contribution >= 4 is 59.1 Å². The van der Waals surface area contributed by atoms with Crippen LogP contribution in [0.4, 0.5) is 0 Å². The molecule has 0 aromatic carbocycles. The number of nitrogens with one attached hydrogen (secondary N) is 1. The lowest BCUT2D eigenvalue weighted by molar-refractivity contribution is -0.145. The molecule has 42 heavy (non-hydrogen) atoms. The molecule has 0 heterocycles. The van der Waals surface area contributed by atoms with Crippen LogP contribution in [0, 0.1) is 5.92 Å². The van der Waals surface area contributed by atoms with Crippen LogP contribution in [0.1, 0.15) is 78.1 Å². The van der Waals surface area contributed by atoms with Gasteiger partial charge in [0, 0.05) is 67.3 Å². The van der Waals surface area contributed by atoms with Crippen molar-refractivity contribution in [3.63, 3.8) is 0 Å². The zero-order chi connectivity index (χ0) is 31.3. The molecule has 1 fully saturated rings. The summed E-state index contributed by atoms with van der Waals surface area (Å²) in [6, 6.07) is -1.09. The summed E-state index contributed by atoms with van der Waals surface area (Å²) < 4.78 is 15.5. The third kappa shape index (κ3) is 17.0. The fraction of sp³-hybridized carbons (Fsp3) is 0.786. The van der Waals surface area contributed by atoms with E-state index in [1.54, 1.807) is 18.7 Å². The first kappa shape index (κ1) is 37.7. The fourth-order valence-electron chi connectivity index (χ4n) is 3.66. The largest absolute Gasteiger partial charge is 0.481 e. The van der Waals surface area contributed by atoms with Gasteiger partial charge in [-0.25, -0.2) is 4.79 Å². The summed E-state index contributed by atoms with van der Waals surface area (Å²) in [6.07, 6.45) is 3.70. The van der Waals surface area contributed by atoms with E-state index >= 15 is 0 Å². The second-order valence-electron chi connectivity index (χ2n) is 9.88. The van der Waals surface area contributed by atoms with Crippen LogP contribution in [0.15, 0.2) is 0 Å². The van der Waals surface area contributed by atoms with E-state index in [0.717, 1.165) is 12.8 Å². The van der Waals surface area contributed by atoms with Crippen molar-refractivity contribution in [1.29, 1.82) is 0 Å². The molecule has 0 aliphatic heterocycles. The number of carbonyl (C=O) groups excluding carboxylic acids is 4. The normalized spacial score (nSPS) is 17.4. The molecule has 14 heteroatoms. The third-order valence-corrected chi connectivity index (χ3v) is 9.84. The molecule has 12 nitrogen and oxygen atoms in total. The average Bonchev–Trinajstić information content (AvgIpc) is 2.94. The van der Waals surface area contributed by atoms with Crippen LogP contribution in [0.2, 0.25) is 0 Å². The summed E-state index contributed by atoms with van der Waals surface area (Å²) in [5.74, 6) is -3.14. The number of hydrogen-bond acceptors (Lipinski definition) is 11. The van der Waals surface area contributed by atoms with Crippen LogP contribution in [0.3, 0.4) is 0 Å². The maximum atomic E-state index is 12.2. The first-order chi connectivity index (χ1) is 20.1. The predicted molar refractivity (Wildman–Crippen MR) is 158 cm³/mol. The summed E-state index contributed by atoms with van der Waals surface area (Å²) in [5.41, 5.74) is 0. The molecular formula is C28H45NO11S2. The number of rotatable bonds is 25. The SMILES string of the molecule is CCC(=O)CCC(=O)OCCCOCCCOC(=O)CCC(=O)NC(CSC1CCC1SCC(CC)C(=O)O)C(=O)O. The number of ether oxygens (including phenoxy) is 3. The summed E-state index contributed by atoms with van der Waals surface area (Å²) in [4.78, 5) is 69.7. The average molecular weight is 636 g/mol. The number of Topliss-reactive ketones (excluding diaryl/α,β-unsaturated/α-hetero) is 1. The zero-order valence-electron chi connectivity index (χ0n) is 24.5. The van der Waals surface area contributed by atoms with Gasteiger partial charge in [-0.2, -0.15) is 23.5 Å². The molecule has 3 N–H and O–H groups in total. The summed E-state index contributed by atoms with van der Waals surface area (Å²) in [5, 5.41) is 21.7. The van der Waals surface area contributed by atoms with Gasteiger partial charge in [-0.05, 0) is 19.3 Å². The quantitative estimate of drug-likeness (QED) is 0.0984. The molecule has 0 aromatic rings. The molecule has 0 aromatic heterocycles. The Kier molecular flexibility index (Phi) is 20.0. The minimum atomic E-state index is -1.15. The number of thioether (sulfide) groups is 2. The monoisotopic (exact) mass is 635 g/mol. The molecule has 1 aliphatic carbocycles. The molecule has 1 aliphatic rings. The van der Waals surface area contributed by atoms with E-state index in [9.17, 15) is 39.0 Å². The van der Waals surface area contributed by atoms with Crippen LogP contribution < -0.4 is 5.32 Å². The zero-order valence-corrected chi connectivity index (χ0v) is 26.1. The lowest BCUT2D eigenvalue weighted by atomic mass is 9.99. The van der Waals surface area contributed by atoms with Crippen molar-refractivity contribution in [3.05, 3.63) is 0 Å². The molecule has 1 rings (SSSR count). The molecular weight excluding hydrogens is 590 g/mol. The van der Waals surface area contributed by atoms with E-state index < -0.39 is 41.7 Å². The molecule has 0 bridgehead atoms. The Labute approximate surface area is 255 Å². The molecule has 4 unspecified atom stereocenters. The van der Waals surface area contributed by atoms with Crippen LogP contribution in [0.5, 0.6) is 0 Å². The number of amides is 1. The highest BCUT2D eigenvalue weighted by atomic mass is 32.2. The molecule has 0 spiro atoms. The van der Waals surface area contributed by atoms with Crippen molar-refractivity contribution in [1.82, 2.24) is 5.32 Å². The summed E-state index contributed by atoms with van der Waals surface area (Å²) in [7, 11) is 0. The minimum absolute atomic E-state index is 0.0204. The van der Waals surface area contributed by atoms with Gasteiger partial charge in [0.05, 0.1) is 32.0 Å². The van der Waals surface area contributed by atoms with Crippen LogP contribution in [0.25, 0.3) is 0 Å². The smallest absolute Gasteiger partial charge is 0.327 e. The summed E-state index contributed by atoms with van der Waals surface area (Å²) in [6.45, 7) is 4.60. The maximum Gasteiger partial charge on any atom is 0.327 e. The number of hydrogen-bond donors (Lipinski definition) is 3. The van der Waals surface area contributed by atoms with Crippen molar-refractivity contribution in [2.45, 2.75) is 94.6 Å². The first-order valence-electron chi connectivity index (χ1n) is 14.5. The third-order valence-electron chi connectivity index (χ3n) is 6.56. The van der Waals surface area contributed by atoms with Gasteiger partial charge in [0.25, 0.3) is 0 Å². The van der Waals surface area contributed by atoms with Gasteiger partial charge in [0.15, 0.2) is 0 Å². The Balaban J connectivity index is 2.12. The number of carboxylic acid groups (broad SMARTS) is 2. The van der Waals surface area contributed by atoms with Crippen molar-refractivity contribution in [2.75, 3.05) is 37.9 Å². The highest BCUT2D eigenvalue weighted by Crippen LogP contribution is 2.41. The Morgan fingerprint density at radius 1 is 0.762 bits per heavy atom. The molecule has 4 atom stereocenters. The number of esters is 2. The van der Waals surface area contributed by atoms with E-state index in [1.807, 2.05) is 6.92 Å². The Hall–Kier alpha value is -2.32. The van der Waals surface area contributed by atoms with Gasteiger partial charge in [0.2, 0.25) is 5.91 Å². The fourth-order valence-corrected chi connectivity index (χ4v) is 6.96. The minimum Gasteiger partial charge on any atom is -0.481 e. The summed E-state index contributed by atoms with van der Waals surface area (Å²) >= 11 is 3.08. The van der Waals surface area contributed by atoms with Gasteiger partial charge < -0.3 is 29.7 Å². The van der Waals surface area contributed by atoms with E-state index in [0.29, 0.717) is 44.6 Å². The van der Waals surface area contributed by atoms with Gasteiger partial charge in [-0.1, -0.05) is 13.8 Å². The maximum absolute atomic E-state index is 12.2. The highest BCUT2D eigenvalue weighted by Gasteiger charge is 2.34. The Bertz CT molecular complexity index is 886. The molecule has 1 amide bonds. The predicted octanol–water partition coefficient (Wildman–Crippen LogP) is 3.09. The number of aliphatic carboxylic acids is 2. The Morgan fingerprint density at radius 2 is 1.31 bits per heavy atom. The van der Waals surface area contributed by atoms with Crippen molar-refractivity contribution in [3.8, 4) is 0 Å². The lowest BCUT2D eigenvalue weighted by Gasteiger charge is -2.36. The second-order valence-corrected chi connectivity index (χ2v) is 12.4. The molecule has 1 saturated carbocycles. The lowest BCUT2D eigenvalue weighted by Crippen LogP contribution is -2.44. The molecule has 0 saturated heterocycles. The van der Waals surface area contributed by atoms with Gasteiger partial charge in [-0.15, -0.1) is 0 Å². The van der Waals surface area contributed by atoms with Gasteiger partial charge in [0.1, 0.15) is 11.8 Å². The number of ketones is 1. The topological polar surface area (TPSA) is 183 Å². The van der Waals surface area contributed by atoms with Crippen LogP contribution in [-0.2, 0) is 43.0 Å². The van der Waals surface area contributed by atoms with E-state index in [4.69, 9.17) is 14.2 Å². The van der Waals surface area contributed by atoms with Crippen LogP contribution >= 0.6 is 23.5 Å². The van der Waals surface area contributed by atoms with Crippen LogP contribution in [-0.4, -0.2) is 100 Å². The molecule has 0 radical (unpaired) electrons. The van der Waals surface area contributed by atoms with E-state index in [1.165, 1.54) is 11.8 Å². The Morgan fingerprint density at radius 3 is 1.79 bits per heavy atom. The van der Waals surface area contributed by atoms with E-state index in [-0.39, 0.29) is 60.9 Å². The standard InChI is InChI=1S/C28H45NO11S2/c1-3-19(27(34)35)17-41-22-8-9-23(22)42-18-21(28(36)37)29-24(31)10-12-26(33)40-16-6-14-38-13-5-15-39-25(32)11-7-20(30)4-2/h19,21-23H,3-18H2,1-2H3,(H,29,31)(H,34,35)(H,36,37). The van der Waals surface area contributed by atoms with Gasteiger partial charge in [-0.3, -0.25) is 24.0 Å². The van der Waals surface area contributed by atoms with E-state index in [2.05, 4.69) is 5.32 Å². The number of carboxylic acids is 2.